The van der Waals surface area contributed by atoms with Gasteiger partial charge in [-0.1, -0.05) is 42.4 Å². The van der Waals surface area contributed by atoms with Crippen LogP contribution in [0, 0.1) is 6.92 Å². The molecule has 5 heteroatoms. The van der Waals surface area contributed by atoms with Crippen molar-refractivity contribution >= 4 is 5.91 Å². The van der Waals surface area contributed by atoms with Gasteiger partial charge in [0, 0.05) is 23.7 Å². The molecule has 2 aromatic carbocycles. The molecule has 0 N–H and O–H groups in total. The van der Waals surface area contributed by atoms with Gasteiger partial charge in [0.05, 0.1) is 0 Å². The molecule has 0 spiro atoms. The van der Waals surface area contributed by atoms with Gasteiger partial charge in [0.25, 0.3) is 11.8 Å². The molecule has 1 atom stereocenters. The van der Waals surface area contributed by atoms with Crippen LogP contribution in [0.5, 0.6) is 0 Å². The van der Waals surface area contributed by atoms with Crippen LogP contribution in [0.2, 0.25) is 0 Å². The van der Waals surface area contributed by atoms with E-state index in [0.29, 0.717) is 23.8 Å². The molecule has 0 aliphatic carbocycles. The topological polar surface area (TPSA) is 59.2 Å². The summed E-state index contributed by atoms with van der Waals surface area (Å²) in [6, 6.07) is 17.5. The first-order valence-electron chi connectivity index (χ1n) is 8.84. The molecule has 1 aromatic heterocycles. The summed E-state index contributed by atoms with van der Waals surface area (Å²) < 4.78 is 5.18. The van der Waals surface area contributed by atoms with Crippen molar-refractivity contribution in [2.45, 2.75) is 39.8 Å². The molecule has 0 aliphatic rings. The third-order valence-electron chi connectivity index (χ3n) is 4.49. The van der Waals surface area contributed by atoms with Gasteiger partial charge in [-0.3, -0.25) is 4.79 Å². The van der Waals surface area contributed by atoms with Crippen molar-refractivity contribution in [1.82, 2.24) is 15.0 Å². The zero-order chi connectivity index (χ0) is 18.5. The Morgan fingerprint density at radius 3 is 2.38 bits per heavy atom. The van der Waals surface area contributed by atoms with Crippen molar-refractivity contribution in [3.8, 4) is 11.5 Å². The van der Waals surface area contributed by atoms with Crippen molar-refractivity contribution in [1.29, 1.82) is 0 Å². The van der Waals surface area contributed by atoms with E-state index < -0.39 is 0 Å². The van der Waals surface area contributed by atoms with E-state index in [1.54, 1.807) is 6.92 Å². The summed E-state index contributed by atoms with van der Waals surface area (Å²) in [6.45, 7) is 6.55. The number of amides is 1. The smallest absolute Gasteiger partial charge is 0.257 e. The minimum Gasteiger partial charge on any atom is -0.334 e. The molecule has 26 heavy (non-hydrogen) atoms. The molecule has 0 bridgehead atoms. The van der Waals surface area contributed by atoms with Crippen molar-refractivity contribution in [3.63, 3.8) is 0 Å². The molecule has 1 amide bonds. The lowest BCUT2D eigenvalue weighted by molar-refractivity contribution is 0.0671. The largest absolute Gasteiger partial charge is 0.334 e. The molecule has 134 valence electrons. The summed E-state index contributed by atoms with van der Waals surface area (Å²) in [5, 5.41) is 3.80. The predicted molar refractivity (Wildman–Crippen MR) is 101 cm³/mol. The van der Waals surface area contributed by atoms with Crippen LogP contribution in [-0.2, 0) is 6.54 Å². The van der Waals surface area contributed by atoms with E-state index in [-0.39, 0.29) is 11.9 Å². The monoisotopic (exact) mass is 349 g/mol. The minimum absolute atomic E-state index is 0.0245. The Hall–Kier alpha value is -2.95. The molecule has 0 radical (unpaired) electrons. The van der Waals surface area contributed by atoms with E-state index in [1.807, 2.05) is 59.5 Å². The molecule has 0 saturated heterocycles. The lowest BCUT2D eigenvalue weighted by Crippen LogP contribution is -2.37. The summed E-state index contributed by atoms with van der Waals surface area (Å²) in [5.41, 5.74) is 2.58. The molecular formula is C21H23N3O2. The number of nitrogens with zero attached hydrogens (tertiary/aromatic N) is 3. The Morgan fingerprint density at radius 2 is 1.81 bits per heavy atom. The predicted octanol–water partition coefficient (Wildman–Crippen LogP) is 4.49. The fourth-order valence-corrected chi connectivity index (χ4v) is 2.76. The van der Waals surface area contributed by atoms with Gasteiger partial charge in [0.15, 0.2) is 5.82 Å². The van der Waals surface area contributed by atoms with Crippen molar-refractivity contribution < 1.29 is 9.32 Å². The maximum atomic E-state index is 13.1. The highest BCUT2D eigenvalue weighted by atomic mass is 16.5. The van der Waals surface area contributed by atoms with Crippen LogP contribution in [0.15, 0.2) is 59.1 Å². The van der Waals surface area contributed by atoms with Gasteiger partial charge in [-0.05, 0) is 50.1 Å². The van der Waals surface area contributed by atoms with Crippen LogP contribution in [0.3, 0.4) is 0 Å². The molecule has 5 nitrogen and oxygen atoms in total. The third-order valence-corrected chi connectivity index (χ3v) is 4.49. The highest BCUT2D eigenvalue weighted by Gasteiger charge is 2.21. The summed E-state index contributed by atoms with van der Waals surface area (Å²) in [7, 11) is 0. The van der Waals surface area contributed by atoms with Gasteiger partial charge in [0.2, 0.25) is 0 Å². The summed E-state index contributed by atoms with van der Waals surface area (Å²) in [4.78, 5) is 19.2. The number of aromatic nitrogens is 2. The van der Waals surface area contributed by atoms with Crippen LogP contribution in [0.1, 0.15) is 42.0 Å². The van der Waals surface area contributed by atoms with Gasteiger partial charge in [-0.15, -0.1) is 0 Å². The van der Waals surface area contributed by atoms with Gasteiger partial charge in [0.1, 0.15) is 0 Å². The molecule has 3 aromatic rings. The Labute approximate surface area is 153 Å². The highest BCUT2D eigenvalue weighted by molar-refractivity contribution is 5.94. The van der Waals surface area contributed by atoms with E-state index in [1.165, 1.54) is 0 Å². The van der Waals surface area contributed by atoms with E-state index in [4.69, 9.17) is 4.52 Å². The van der Waals surface area contributed by atoms with Crippen molar-refractivity contribution in [3.05, 3.63) is 71.5 Å². The second-order valence-corrected chi connectivity index (χ2v) is 6.40. The van der Waals surface area contributed by atoms with E-state index in [9.17, 15) is 4.79 Å². The lowest BCUT2D eigenvalue weighted by atomic mass is 10.1. The summed E-state index contributed by atoms with van der Waals surface area (Å²) in [5.74, 6) is 1.08. The van der Waals surface area contributed by atoms with Crippen molar-refractivity contribution in [2.24, 2.45) is 0 Å². The molecule has 0 saturated carbocycles. The fraction of sp³-hybridized carbons (Fsp3) is 0.286. The second-order valence-electron chi connectivity index (χ2n) is 6.40. The minimum atomic E-state index is 0.0245. The van der Waals surface area contributed by atoms with Gasteiger partial charge in [-0.2, -0.15) is 4.98 Å². The number of hydrogen-bond acceptors (Lipinski definition) is 4. The number of hydrogen-bond donors (Lipinski definition) is 0. The Bertz CT molecular complexity index is 856. The van der Waals surface area contributed by atoms with Crippen LogP contribution in [-0.4, -0.2) is 27.0 Å². The maximum absolute atomic E-state index is 13.1. The van der Waals surface area contributed by atoms with Crippen LogP contribution >= 0.6 is 0 Å². The SMILES string of the molecule is CCC(C)N(Cc1ccccc1)C(=O)c1ccc(-c2nc(C)no2)cc1. The van der Waals surface area contributed by atoms with Crippen LogP contribution < -0.4 is 0 Å². The number of carbonyl (C=O) groups is 1. The number of benzene rings is 2. The quantitative estimate of drug-likeness (QED) is 0.658. The second kappa shape index (κ2) is 7.95. The first-order valence-corrected chi connectivity index (χ1v) is 8.84. The van der Waals surface area contributed by atoms with Crippen molar-refractivity contribution in [2.75, 3.05) is 0 Å². The molecule has 1 heterocycles. The number of aryl methyl sites for hydroxylation is 1. The zero-order valence-electron chi connectivity index (χ0n) is 15.3. The molecule has 1 unspecified atom stereocenters. The molecule has 0 aliphatic heterocycles. The average Bonchev–Trinajstić information content (AvgIpc) is 3.12. The lowest BCUT2D eigenvalue weighted by Gasteiger charge is -2.29. The van der Waals surface area contributed by atoms with E-state index in [2.05, 4.69) is 24.0 Å². The Kier molecular flexibility index (Phi) is 5.46. The Morgan fingerprint density at radius 1 is 1.12 bits per heavy atom. The maximum Gasteiger partial charge on any atom is 0.257 e. The normalized spacial score (nSPS) is 12.0. The summed E-state index contributed by atoms with van der Waals surface area (Å²) >= 11 is 0. The molecule has 3 rings (SSSR count). The van der Waals surface area contributed by atoms with Gasteiger partial charge < -0.3 is 9.42 Å². The summed E-state index contributed by atoms with van der Waals surface area (Å²) in [6.07, 6.45) is 0.901. The van der Waals surface area contributed by atoms with Gasteiger partial charge >= 0.3 is 0 Å². The molecular weight excluding hydrogens is 326 g/mol. The fourth-order valence-electron chi connectivity index (χ4n) is 2.76. The Balaban J connectivity index is 1.82. The first-order chi connectivity index (χ1) is 12.6. The number of carbonyl (C=O) groups excluding carboxylic acids is 1. The zero-order valence-corrected chi connectivity index (χ0v) is 15.3. The number of rotatable bonds is 6. The van der Waals surface area contributed by atoms with E-state index >= 15 is 0 Å². The highest BCUT2D eigenvalue weighted by Crippen LogP contribution is 2.20. The van der Waals surface area contributed by atoms with Crippen LogP contribution in [0.4, 0.5) is 0 Å². The first kappa shape index (κ1) is 17.9. The van der Waals surface area contributed by atoms with Crippen LogP contribution in [0.25, 0.3) is 11.5 Å². The average molecular weight is 349 g/mol. The standard InChI is InChI=1S/C21H23N3O2/c1-4-15(2)24(14-17-8-6-5-7-9-17)21(25)19-12-10-18(11-13-19)20-22-16(3)23-26-20/h5-13,15H,4,14H2,1-3H3. The van der Waals surface area contributed by atoms with E-state index in [0.717, 1.165) is 17.5 Å². The third kappa shape index (κ3) is 3.99. The molecule has 0 fully saturated rings. The van der Waals surface area contributed by atoms with Gasteiger partial charge in [-0.25, -0.2) is 0 Å².